The Bertz CT molecular complexity index is 445. The summed E-state index contributed by atoms with van der Waals surface area (Å²) in [6.45, 7) is 1.57. The Hall–Kier alpha value is -1.79. The van der Waals surface area contributed by atoms with Crippen molar-refractivity contribution in [3.63, 3.8) is 0 Å². The lowest BCUT2D eigenvalue weighted by molar-refractivity contribution is -0.156. The van der Waals surface area contributed by atoms with Gasteiger partial charge in [0.15, 0.2) is 5.60 Å². The lowest BCUT2D eigenvalue weighted by atomic mass is 10.1. The lowest BCUT2D eigenvalue weighted by Crippen LogP contribution is -2.44. The lowest BCUT2D eigenvalue weighted by Gasteiger charge is -2.19. The fraction of sp³-hybridized carbons (Fsp3) is 0.462. The van der Waals surface area contributed by atoms with E-state index in [1.165, 1.54) is 6.92 Å². The molecule has 6 nitrogen and oxygen atoms in total. The maximum atomic E-state index is 10.7. The largest absolute Gasteiger partial charge is 0.497 e. The number of methoxy groups -OCH3 is 2. The molecule has 0 radical (unpaired) electrons. The predicted molar refractivity (Wildman–Crippen MR) is 69.5 cm³/mol. The zero-order valence-electron chi connectivity index (χ0n) is 11.3. The molecule has 0 aromatic heterocycles. The van der Waals surface area contributed by atoms with Crippen LogP contribution in [0.2, 0.25) is 0 Å². The number of nitrogens with one attached hydrogen (secondary N) is 1. The molecule has 0 aliphatic carbocycles. The van der Waals surface area contributed by atoms with E-state index in [0.29, 0.717) is 18.0 Å². The first-order valence-corrected chi connectivity index (χ1v) is 5.78. The van der Waals surface area contributed by atoms with Gasteiger partial charge in [0, 0.05) is 24.7 Å². The molecule has 6 heteroatoms. The van der Waals surface area contributed by atoms with Gasteiger partial charge < -0.3 is 25.0 Å². The van der Waals surface area contributed by atoms with E-state index in [4.69, 9.17) is 14.6 Å². The highest BCUT2D eigenvalue weighted by Crippen LogP contribution is 2.24. The van der Waals surface area contributed by atoms with Crippen LogP contribution in [0.25, 0.3) is 0 Å². The molecule has 0 bridgehead atoms. The van der Waals surface area contributed by atoms with Gasteiger partial charge in [-0.05, 0) is 13.0 Å². The normalized spacial score (nSPS) is 13.7. The maximum Gasteiger partial charge on any atom is 0.336 e. The average molecular weight is 269 g/mol. The first-order chi connectivity index (χ1) is 8.90. The van der Waals surface area contributed by atoms with Crippen molar-refractivity contribution in [2.75, 3.05) is 20.8 Å². The second kappa shape index (κ2) is 6.40. The highest BCUT2D eigenvalue weighted by Gasteiger charge is 2.29. The van der Waals surface area contributed by atoms with Crippen LogP contribution in [-0.4, -0.2) is 42.5 Å². The van der Waals surface area contributed by atoms with Crippen LogP contribution in [0.4, 0.5) is 0 Å². The molecular formula is C13H19NO5. The smallest absolute Gasteiger partial charge is 0.336 e. The molecule has 0 spiro atoms. The summed E-state index contributed by atoms with van der Waals surface area (Å²) in [5, 5.41) is 21.2. The van der Waals surface area contributed by atoms with Crippen LogP contribution in [0, 0.1) is 0 Å². The Morgan fingerprint density at radius 1 is 1.37 bits per heavy atom. The van der Waals surface area contributed by atoms with Crippen LogP contribution in [-0.2, 0) is 11.3 Å². The second-order valence-electron chi connectivity index (χ2n) is 4.36. The zero-order chi connectivity index (χ0) is 14.5. The van der Waals surface area contributed by atoms with Crippen molar-refractivity contribution in [3.8, 4) is 11.5 Å². The number of rotatable bonds is 7. The van der Waals surface area contributed by atoms with E-state index in [0.717, 1.165) is 5.56 Å². The second-order valence-corrected chi connectivity index (χ2v) is 4.36. The van der Waals surface area contributed by atoms with Crippen LogP contribution in [0.5, 0.6) is 11.5 Å². The van der Waals surface area contributed by atoms with Crippen LogP contribution < -0.4 is 14.8 Å². The average Bonchev–Trinajstić information content (AvgIpc) is 2.38. The molecular weight excluding hydrogens is 250 g/mol. The highest BCUT2D eigenvalue weighted by molar-refractivity contribution is 5.76. The van der Waals surface area contributed by atoms with Crippen molar-refractivity contribution < 1.29 is 24.5 Å². The number of aliphatic hydroxyl groups is 1. The first-order valence-electron chi connectivity index (χ1n) is 5.78. The summed E-state index contributed by atoms with van der Waals surface area (Å²) < 4.78 is 10.3. The van der Waals surface area contributed by atoms with Gasteiger partial charge in [-0.1, -0.05) is 6.07 Å². The molecule has 0 amide bonds. The zero-order valence-corrected chi connectivity index (χ0v) is 11.3. The van der Waals surface area contributed by atoms with Gasteiger partial charge in [-0.15, -0.1) is 0 Å². The SMILES string of the molecule is COc1ccc(CNCC(C)(O)C(=O)O)c(OC)c1. The third-order valence-corrected chi connectivity index (χ3v) is 2.74. The van der Waals surface area contributed by atoms with Gasteiger partial charge in [-0.2, -0.15) is 0 Å². The summed E-state index contributed by atoms with van der Waals surface area (Å²) in [7, 11) is 3.11. The minimum absolute atomic E-state index is 0.0580. The molecule has 0 saturated carbocycles. The molecule has 0 heterocycles. The maximum absolute atomic E-state index is 10.7. The van der Waals surface area contributed by atoms with Gasteiger partial charge in [0.05, 0.1) is 14.2 Å². The Kier molecular flexibility index (Phi) is 5.14. The van der Waals surface area contributed by atoms with E-state index in [-0.39, 0.29) is 6.54 Å². The number of carbonyl (C=O) groups is 1. The van der Waals surface area contributed by atoms with Crippen LogP contribution in [0.1, 0.15) is 12.5 Å². The Balaban J connectivity index is 2.65. The van der Waals surface area contributed by atoms with Crippen molar-refractivity contribution in [1.82, 2.24) is 5.32 Å². The number of hydrogen-bond donors (Lipinski definition) is 3. The van der Waals surface area contributed by atoms with Crippen LogP contribution >= 0.6 is 0 Å². The first kappa shape index (κ1) is 15.3. The fourth-order valence-corrected chi connectivity index (χ4v) is 1.51. The van der Waals surface area contributed by atoms with Crippen LogP contribution in [0.15, 0.2) is 18.2 Å². The van der Waals surface area contributed by atoms with Gasteiger partial charge in [-0.3, -0.25) is 0 Å². The minimum atomic E-state index is -1.79. The van der Waals surface area contributed by atoms with E-state index in [1.807, 2.05) is 6.07 Å². The molecule has 1 atom stereocenters. The van der Waals surface area contributed by atoms with Gasteiger partial charge in [-0.25, -0.2) is 4.79 Å². The summed E-state index contributed by atoms with van der Waals surface area (Å²) in [4.78, 5) is 10.7. The Morgan fingerprint density at radius 2 is 2.05 bits per heavy atom. The van der Waals surface area contributed by atoms with Gasteiger partial charge in [0.2, 0.25) is 0 Å². The molecule has 1 rings (SSSR count). The summed E-state index contributed by atoms with van der Waals surface area (Å²) in [6.07, 6.45) is 0. The van der Waals surface area contributed by atoms with E-state index in [1.54, 1.807) is 26.4 Å². The third-order valence-electron chi connectivity index (χ3n) is 2.74. The molecule has 106 valence electrons. The van der Waals surface area contributed by atoms with E-state index >= 15 is 0 Å². The topological polar surface area (TPSA) is 88.0 Å². The van der Waals surface area contributed by atoms with Crippen LogP contribution in [0.3, 0.4) is 0 Å². The standard InChI is InChI=1S/C13H19NO5/c1-13(17,12(15)16)8-14-7-9-4-5-10(18-2)6-11(9)19-3/h4-6,14,17H,7-8H2,1-3H3,(H,15,16). The molecule has 1 aromatic carbocycles. The molecule has 0 fully saturated rings. The summed E-state index contributed by atoms with van der Waals surface area (Å²) >= 11 is 0. The van der Waals surface area contributed by atoms with Crippen molar-refractivity contribution >= 4 is 5.97 Å². The Labute approximate surface area is 112 Å². The molecule has 1 aromatic rings. The van der Waals surface area contributed by atoms with Gasteiger partial charge >= 0.3 is 5.97 Å². The van der Waals surface area contributed by atoms with Gasteiger partial charge in [0.1, 0.15) is 11.5 Å². The summed E-state index contributed by atoms with van der Waals surface area (Å²) in [5.41, 5.74) is -0.941. The molecule has 0 aliphatic heterocycles. The number of hydrogen-bond acceptors (Lipinski definition) is 5. The molecule has 19 heavy (non-hydrogen) atoms. The molecule has 0 aliphatic rings. The minimum Gasteiger partial charge on any atom is -0.497 e. The van der Waals surface area contributed by atoms with E-state index in [2.05, 4.69) is 5.32 Å². The number of ether oxygens (including phenoxy) is 2. The quantitative estimate of drug-likeness (QED) is 0.673. The van der Waals surface area contributed by atoms with E-state index in [9.17, 15) is 9.90 Å². The number of benzene rings is 1. The number of carboxylic acids is 1. The van der Waals surface area contributed by atoms with Crippen molar-refractivity contribution in [2.24, 2.45) is 0 Å². The molecule has 0 saturated heterocycles. The highest BCUT2D eigenvalue weighted by atomic mass is 16.5. The summed E-state index contributed by atoms with van der Waals surface area (Å²) in [5.74, 6) is 0.0571. The molecule has 1 unspecified atom stereocenters. The Morgan fingerprint density at radius 3 is 2.58 bits per heavy atom. The monoisotopic (exact) mass is 269 g/mol. The predicted octanol–water partition coefficient (Wildman–Crippen LogP) is 0.629. The van der Waals surface area contributed by atoms with Crippen molar-refractivity contribution in [1.29, 1.82) is 0 Å². The molecule has 3 N–H and O–H groups in total. The van der Waals surface area contributed by atoms with Crippen molar-refractivity contribution in [2.45, 2.75) is 19.1 Å². The van der Waals surface area contributed by atoms with Gasteiger partial charge in [0.25, 0.3) is 0 Å². The number of carboxylic acid groups (broad SMARTS) is 1. The summed E-state index contributed by atoms with van der Waals surface area (Å²) in [6, 6.07) is 5.35. The van der Waals surface area contributed by atoms with Crippen molar-refractivity contribution in [3.05, 3.63) is 23.8 Å². The van der Waals surface area contributed by atoms with E-state index < -0.39 is 11.6 Å². The number of aliphatic carboxylic acids is 1. The third kappa shape index (κ3) is 4.11. The fourth-order valence-electron chi connectivity index (χ4n) is 1.51.